The number of hydrogen-bond acceptors (Lipinski definition) is 1. The Hall–Kier alpha value is -2.61. The molecule has 2 nitrogen and oxygen atoms in total. The van der Waals surface area contributed by atoms with E-state index in [9.17, 15) is 4.79 Å². The largest absolute Gasteiger partial charge is 0.361 e. The molecule has 0 saturated heterocycles. The second-order valence-corrected chi connectivity index (χ2v) is 4.78. The lowest BCUT2D eigenvalue weighted by Crippen LogP contribution is -2.04. The number of rotatable bonds is 3. The summed E-state index contributed by atoms with van der Waals surface area (Å²) in [5.41, 5.74) is 4.36. The van der Waals surface area contributed by atoms with Gasteiger partial charge in [-0.1, -0.05) is 54.6 Å². The molecule has 0 aliphatic carbocycles. The van der Waals surface area contributed by atoms with Crippen LogP contribution in [0.3, 0.4) is 0 Å². The number of carbonyl (C=O) groups excluding carboxylic acids is 1. The Kier molecular flexibility index (Phi) is 3.21. The van der Waals surface area contributed by atoms with Crippen LogP contribution in [-0.2, 0) is 0 Å². The van der Waals surface area contributed by atoms with E-state index < -0.39 is 0 Å². The molecular formula is C18H15NO. The topological polar surface area (TPSA) is 32.9 Å². The smallest absolute Gasteiger partial charge is 0.195 e. The quantitative estimate of drug-likeness (QED) is 0.703. The molecule has 20 heavy (non-hydrogen) atoms. The normalized spacial score (nSPS) is 10.4. The first-order valence-electron chi connectivity index (χ1n) is 6.60. The molecule has 0 bridgehead atoms. The molecule has 0 spiro atoms. The lowest BCUT2D eigenvalue weighted by atomic mass is 9.97. The zero-order chi connectivity index (χ0) is 13.9. The Morgan fingerprint density at radius 2 is 1.55 bits per heavy atom. The van der Waals surface area contributed by atoms with Crippen molar-refractivity contribution in [3.8, 4) is 11.3 Å². The summed E-state index contributed by atoms with van der Waals surface area (Å²) in [7, 11) is 0. The molecule has 0 saturated carbocycles. The third-order valence-corrected chi connectivity index (χ3v) is 3.44. The number of benzene rings is 2. The van der Waals surface area contributed by atoms with Gasteiger partial charge in [0.2, 0.25) is 0 Å². The number of aromatic amines is 1. The number of H-pyrrole nitrogens is 1. The highest BCUT2D eigenvalue weighted by molar-refractivity contribution is 6.13. The van der Waals surface area contributed by atoms with Crippen LogP contribution in [0.2, 0.25) is 0 Å². The Balaban J connectivity index is 2.07. The third kappa shape index (κ3) is 2.16. The lowest BCUT2D eigenvalue weighted by Gasteiger charge is -2.06. The van der Waals surface area contributed by atoms with Gasteiger partial charge in [-0.3, -0.25) is 4.79 Å². The summed E-state index contributed by atoms with van der Waals surface area (Å²) in [6, 6.07) is 19.4. The fourth-order valence-electron chi connectivity index (χ4n) is 2.38. The van der Waals surface area contributed by atoms with Crippen LogP contribution in [-0.4, -0.2) is 10.8 Å². The minimum atomic E-state index is 0.0585. The van der Waals surface area contributed by atoms with E-state index in [4.69, 9.17) is 0 Å². The minimum Gasteiger partial charge on any atom is -0.361 e. The molecule has 0 radical (unpaired) electrons. The van der Waals surface area contributed by atoms with Gasteiger partial charge in [0.1, 0.15) is 0 Å². The van der Waals surface area contributed by atoms with E-state index in [1.807, 2.05) is 73.8 Å². The van der Waals surface area contributed by atoms with Gasteiger partial charge in [-0.05, 0) is 24.1 Å². The van der Waals surface area contributed by atoms with Crippen molar-refractivity contribution in [2.75, 3.05) is 0 Å². The summed E-state index contributed by atoms with van der Waals surface area (Å²) in [6.45, 7) is 1.96. The molecule has 98 valence electrons. The molecular weight excluding hydrogens is 246 g/mol. The predicted molar refractivity (Wildman–Crippen MR) is 80.8 cm³/mol. The number of nitrogens with one attached hydrogen (secondary N) is 1. The van der Waals surface area contributed by atoms with E-state index in [1.54, 1.807) is 0 Å². The number of carbonyl (C=O) groups is 1. The van der Waals surface area contributed by atoms with E-state index >= 15 is 0 Å². The number of ketones is 1. The van der Waals surface area contributed by atoms with E-state index in [0.29, 0.717) is 5.56 Å². The molecule has 3 aromatic rings. The Morgan fingerprint density at radius 3 is 2.30 bits per heavy atom. The molecule has 0 atom stereocenters. The second-order valence-electron chi connectivity index (χ2n) is 4.78. The summed E-state index contributed by atoms with van der Waals surface area (Å²) < 4.78 is 0. The van der Waals surface area contributed by atoms with E-state index in [1.165, 1.54) is 0 Å². The van der Waals surface area contributed by atoms with Crippen LogP contribution in [0.15, 0.2) is 66.9 Å². The van der Waals surface area contributed by atoms with Gasteiger partial charge in [0.15, 0.2) is 5.78 Å². The molecule has 1 aromatic heterocycles. The summed E-state index contributed by atoms with van der Waals surface area (Å²) in [5.74, 6) is 0.0585. The van der Waals surface area contributed by atoms with Gasteiger partial charge >= 0.3 is 0 Å². The van der Waals surface area contributed by atoms with E-state index in [0.717, 1.165) is 22.4 Å². The highest BCUT2D eigenvalue weighted by atomic mass is 16.1. The van der Waals surface area contributed by atoms with Crippen LogP contribution in [0.25, 0.3) is 11.3 Å². The van der Waals surface area contributed by atoms with Crippen molar-refractivity contribution < 1.29 is 4.79 Å². The summed E-state index contributed by atoms with van der Waals surface area (Å²) in [6.07, 6.45) is 1.81. The summed E-state index contributed by atoms with van der Waals surface area (Å²) >= 11 is 0. The molecule has 0 fully saturated rings. The minimum absolute atomic E-state index is 0.0585. The predicted octanol–water partition coefficient (Wildman–Crippen LogP) is 4.22. The fourth-order valence-corrected chi connectivity index (χ4v) is 2.38. The van der Waals surface area contributed by atoms with Crippen molar-refractivity contribution in [2.24, 2.45) is 0 Å². The number of aromatic nitrogens is 1. The Labute approximate surface area is 118 Å². The van der Waals surface area contributed by atoms with Crippen LogP contribution in [0.5, 0.6) is 0 Å². The molecule has 2 aromatic carbocycles. The SMILES string of the molecule is Cc1ccccc1C(=O)c1cc[nH]c1-c1ccccc1. The number of aryl methyl sites for hydroxylation is 1. The molecule has 3 rings (SSSR count). The molecule has 0 aliphatic heterocycles. The first-order valence-corrected chi connectivity index (χ1v) is 6.60. The molecule has 0 unspecified atom stereocenters. The zero-order valence-corrected chi connectivity index (χ0v) is 11.3. The summed E-state index contributed by atoms with van der Waals surface area (Å²) in [4.78, 5) is 15.9. The van der Waals surface area contributed by atoms with Crippen molar-refractivity contribution in [3.05, 3.63) is 83.6 Å². The van der Waals surface area contributed by atoms with Gasteiger partial charge in [0.25, 0.3) is 0 Å². The van der Waals surface area contributed by atoms with Gasteiger partial charge in [0, 0.05) is 17.3 Å². The van der Waals surface area contributed by atoms with Crippen LogP contribution in [0.1, 0.15) is 21.5 Å². The maximum absolute atomic E-state index is 12.7. The number of hydrogen-bond donors (Lipinski definition) is 1. The van der Waals surface area contributed by atoms with Crippen molar-refractivity contribution in [2.45, 2.75) is 6.92 Å². The fraction of sp³-hybridized carbons (Fsp3) is 0.0556. The molecule has 0 amide bonds. The summed E-state index contributed by atoms with van der Waals surface area (Å²) in [5, 5.41) is 0. The van der Waals surface area contributed by atoms with Crippen molar-refractivity contribution in [3.63, 3.8) is 0 Å². The van der Waals surface area contributed by atoms with Gasteiger partial charge in [-0.15, -0.1) is 0 Å². The maximum atomic E-state index is 12.7. The van der Waals surface area contributed by atoms with Crippen LogP contribution >= 0.6 is 0 Å². The zero-order valence-electron chi connectivity index (χ0n) is 11.3. The average molecular weight is 261 g/mol. The van der Waals surface area contributed by atoms with Gasteiger partial charge in [-0.25, -0.2) is 0 Å². The van der Waals surface area contributed by atoms with Gasteiger partial charge in [0.05, 0.1) is 5.69 Å². The van der Waals surface area contributed by atoms with E-state index in [2.05, 4.69) is 4.98 Å². The van der Waals surface area contributed by atoms with Crippen molar-refractivity contribution in [1.29, 1.82) is 0 Å². The van der Waals surface area contributed by atoms with Crippen molar-refractivity contribution in [1.82, 2.24) is 4.98 Å². The first-order chi connectivity index (χ1) is 9.77. The lowest BCUT2D eigenvalue weighted by molar-refractivity contribution is 0.103. The van der Waals surface area contributed by atoms with Gasteiger partial charge in [-0.2, -0.15) is 0 Å². The molecule has 1 heterocycles. The standard InChI is InChI=1S/C18H15NO/c1-13-7-5-6-10-15(13)18(20)16-11-12-19-17(16)14-8-3-2-4-9-14/h2-12,19H,1H3. The van der Waals surface area contributed by atoms with Crippen molar-refractivity contribution >= 4 is 5.78 Å². The van der Waals surface area contributed by atoms with E-state index in [-0.39, 0.29) is 5.78 Å². The Bertz CT molecular complexity index is 741. The molecule has 1 N–H and O–H groups in total. The van der Waals surface area contributed by atoms with Crippen LogP contribution in [0, 0.1) is 6.92 Å². The average Bonchev–Trinajstić information content (AvgIpc) is 2.97. The first kappa shape index (κ1) is 12.4. The maximum Gasteiger partial charge on any atom is 0.195 e. The second kappa shape index (κ2) is 5.17. The van der Waals surface area contributed by atoms with Crippen LogP contribution in [0.4, 0.5) is 0 Å². The molecule has 0 aliphatic rings. The highest BCUT2D eigenvalue weighted by Crippen LogP contribution is 2.25. The molecule has 2 heteroatoms. The Morgan fingerprint density at radius 1 is 0.850 bits per heavy atom. The highest BCUT2D eigenvalue weighted by Gasteiger charge is 2.16. The third-order valence-electron chi connectivity index (χ3n) is 3.44. The monoisotopic (exact) mass is 261 g/mol. The van der Waals surface area contributed by atoms with Gasteiger partial charge < -0.3 is 4.98 Å². The van der Waals surface area contributed by atoms with Crippen LogP contribution < -0.4 is 0 Å².